The van der Waals surface area contributed by atoms with E-state index in [9.17, 15) is 29.9 Å². The zero-order valence-corrected chi connectivity index (χ0v) is 11.7. The molecule has 0 aliphatic carbocycles. The Morgan fingerprint density at radius 2 is 2.00 bits per heavy atom. The Labute approximate surface area is 125 Å². The summed E-state index contributed by atoms with van der Waals surface area (Å²) < 4.78 is 0. The maximum absolute atomic E-state index is 11.0. The highest BCUT2D eigenvalue weighted by atomic mass is 16.6. The van der Waals surface area contributed by atoms with Crippen molar-refractivity contribution in [2.75, 3.05) is 6.54 Å². The third-order valence-electron chi connectivity index (χ3n) is 2.97. The standard InChI is InChI=1S/C13H16N2O7/c1-7(16)14-5-4-11(17)12(18)9-3-2-8(13(19)20)6-10(9)15(21)22/h2-3,6,11-12,17-18H,4-5H2,1H3,(H,14,16)(H,19,20). The molecule has 2 unspecified atom stereocenters. The molecule has 0 radical (unpaired) electrons. The van der Waals surface area contributed by atoms with Crippen LogP contribution in [0.25, 0.3) is 0 Å². The summed E-state index contributed by atoms with van der Waals surface area (Å²) in [5, 5.41) is 42.1. The van der Waals surface area contributed by atoms with Gasteiger partial charge in [0.1, 0.15) is 6.10 Å². The minimum Gasteiger partial charge on any atom is -0.478 e. The Hall–Kier alpha value is -2.52. The van der Waals surface area contributed by atoms with Gasteiger partial charge in [0, 0.05) is 19.5 Å². The van der Waals surface area contributed by atoms with Crippen LogP contribution in [-0.2, 0) is 4.79 Å². The molecule has 0 saturated carbocycles. The second kappa shape index (κ2) is 7.48. The number of hydrogen-bond donors (Lipinski definition) is 4. The molecule has 4 N–H and O–H groups in total. The number of hydrogen-bond acceptors (Lipinski definition) is 6. The fourth-order valence-electron chi connectivity index (χ4n) is 1.85. The number of nitro groups is 1. The molecule has 0 aromatic heterocycles. The molecular weight excluding hydrogens is 296 g/mol. The molecule has 9 heteroatoms. The maximum atomic E-state index is 11.0. The molecular formula is C13H16N2O7. The number of rotatable bonds is 7. The first kappa shape index (κ1) is 17.5. The highest BCUT2D eigenvalue weighted by Gasteiger charge is 2.27. The van der Waals surface area contributed by atoms with Crippen LogP contribution in [0.3, 0.4) is 0 Å². The van der Waals surface area contributed by atoms with Crippen LogP contribution in [0.15, 0.2) is 18.2 Å². The van der Waals surface area contributed by atoms with Crippen LogP contribution in [0.4, 0.5) is 5.69 Å². The first-order valence-corrected chi connectivity index (χ1v) is 6.36. The van der Waals surface area contributed by atoms with Crippen LogP contribution in [0, 0.1) is 10.1 Å². The number of nitro benzene ring substituents is 1. The van der Waals surface area contributed by atoms with Gasteiger partial charge in [0.15, 0.2) is 0 Å². The first-order chi connectivity index (χ1) is 10.2. The van der Waals surface area contributed by atoms with Gasteiger partial charge >= 0.3 is 5.97 Å². The molecule has 0 bridgehead atoms. The fourth-order valence-corrected chi connectivity index (χ4v) is 1.85. The summed E-state index contributed by atoms with van der Waals surface area (Å²) in [5.74, 6) is -1.64. The zero-order chi connectivity index (χ0) is 16.9. The van der Waals surface area contributed by atoms with Gasteiger partial charge in [-0.1, -0.05) is 0 Å². The van der Waals surface area contributed by atoms with E-state index >= 15 is 0 Å². The topological polar surface area (TPSA) is 150 Å². The molecule has 0 saturated heterocycles. The second-order valence-corrected chi connectivity index (χ2v) is 4.62. The predicted molar refractivity (Wildman–Crippen MR) is 74.3 cm³/mol. The Bertz CT molecular complexity index is 588. The van der Waals surface area contributed by atoms with Gasteiger partial charge in [-0.3, -0.25) is 14.9 Å². The maximum Gasteiger partial charge on any atom is 0.335 e. The molecule has 9 nitrogen and oxygen atoms in total. The lowest BCUT2D eigenvalue weighted by atomic mass is 9.98. The van der Waals surface area contributed by atoms with E-state index in [-0.39, 0.29) is 30.0 Å². The number of nitrogens with one attached hydrogen (secondary N) is 1. The van der Waals surface area contributed by atoms with Crippen molar-refractivity contribution < 1.29 is 29.8 Å². The van der Waals surface area contributed by atoms with E-state index in [0.29, 0.717) is 0 Å². The van der Waals surface area contributed by atoms with Crippen molar-refractivity contribution in [3.8, 4) is 0 Å². The van der Waals surface area contributed by atoms with E-state index in [4.69, 9.17) is 5.11 Å². The molecule has 0 aliphatic rings. The van der Waals surface area contributed by atoms with Gasteiger partial charge in [0.25, 0.3) is 5.69 Å². The van der Waals surface area contributed by atoms with Crippen LogP contribution in [0.5, 0.6) is 0 Å². The van der Waals surface area contributed by atoms with Crippen molar-refractivity contribution in [1.82, 2.24) is 5.32 Å². The average molecular weight is 312 g/mol. The van der Waals surface area contributed by atoms with Gasteiger partial charge in [-0.15, -0.1) is 0 Å². The minimum atomic E-state index is -1.57. The molecule has 1 aromatic rings. The predicted octanol–water partition coefficient (Wildman–Crippen LogP) is 0.213. The number of carbonyl (C=O) groups excluding carboxylic acids is 1. The number of carbonyl (C=O) groups is 2. The number of benzene rings is 1. The van der Waals surface area contributed by atoms with E-state index in [1.54, 1.807) is 0 Å². The highest BCUT2D eigenvalue weighted by molar-refractivity contribution is 5.88. The lowest BCUT2D eigenvalue weighted by Gasteiger charge is -2.18. The van der Waals surface area contributed by atoms with Crippen LogP contribution in [0.2, 0.25) is 0 Å². The minimum absolute atomic E-state index is 0.0153. The van der Waals surface area contributed by atoms with Crippen molar-refractivity contribution in [2.24, 2.45) is 0 Å². The fraction of sp³-hybridized carbons (Fsp3) is 0.385. The summed E-state index contributed by atoms with van der Waals surface area (Å²) in [4.78, 5) is 31.7. The zero-order valence-electron chi connectivity index (χ0n) is 11.7. The Morgan fingerprint density at radius 1 is 1.36 bits per heavy atom. The summed E-state index contributed by atoms with van der Waals surface area (Å²) in [6.45, 7) is 1.38. The van der Waals surface area contributed by atoms with Crippen LogP contribution in [-0.4, -0.2) is 44.8 Å². The van der Waals surface area contributed by atoms with Gasteiger partial charge in [-0.05, 0) is 18.6 Å². The van der Waals surface area contributed by atoms with Gasteiger partial charge in [0.05, 0.1) is 22.2 Å². The average Bonchev–Trinajstić information content (AvgIpc) is 2.45. The summed E-state index contributed by atoms with van der Waals surface area (Å²) in [7, 11) is 0. The van der Waals surface area contributed by atoms with Crippen LogP contribution < -0.4 is 5.32 Å². The van der Waals surface area contributed by atoms with E-state index in [1.165, 1.54) is 6.92 Å². The largest absolute Gasteiger partial charge is 0.478 e. The lowest BCUT2D eigenvalue weighted by molar-refractivity contribution is -0.386. The van der Waals surface area contributed by atoms with Crippen molar-refractivity contribution in [1.29, 1.82) is 0 Å². The second-order valence-electron chi connectivity index (χ2n) is 4.62. The molecule has 0 fully saturated rings. The van der Waals surface area contributed by atoms with Crippen molar-refractivity contribution in [3.63, 3.8) is 0 Å². The monoisotopic (exact) mass is 312 g/mol. The number of nitrogens with zero attached hydrogens (tertiary/aromatic N) is 1. The van der Waals surface area contributed by atoms with Gasteiger partial charge in [-0.2, -0.15) is 0 Å². The summed E-state index contributed by atoms with van der Waals surface area (Å²) >= 11 is 0. The van der Waals surface area contributed by atoms with Gasteiger partial charge in [-0.25, -0.2) is 4.79 Å². The highest BCUT2D eigenvalue weighted by Crippen LogP contribution is 2.29. The lowest BCUT2D eigenvalue weighted by Crippen LogP contribution is -2.28. The number of aliphatic hydroxyl groups excluding tert-OH is 2. The quantitative estimate of drug-likeness (QED) is 0.415. The molecule has 2 atom stereocenters. The van der Waals surface area contributed by atoms with Crippen LogP contribution >= 0.6 is 0 Å². The molecule has 0 spiro atoms. The molecule has 0 aliphatic heterocycles. The van der Waals surface area contributed by atoms with Crippen LogP contribution in [0.1, 0.15) is 35.4 Å². The third kappa shape index (κ3) is 4.50. The van der Waals surface area contributed by atoms with Crippen molar-refractivity contribution in [2.45, 2.75) is 25.6 Å². The molecule has 0 heterocycles. The summed E-state index contributed by atoms with van der Waals surface area (Å²) in [5.41, 5.74) is -1.08. The molecule has 1 amide bonds. The third-order valence-corrected chi connectivity index (χ3v) is 2.97. The smallest absolute Gasteiger partial charge is 0.335 e. The van der Waals surface area contributed by atoms with Gasteiger partial charge < -0.3 is 20.6 Å². The molecule has 22 heavy (non-hydrogen) atoms. The Kier molecular flexibility index (Phi) is 5.96. The van der Waals surface area contributed by atoms with E-state index in [0.717, 1.165) is 18.2 Å². The van der Waals surface area contributed by atoms with E-state index in [2.05, 4.69) is 5.32 Å². The Balaban J connectivity index is 2.96. The number of aliphatic hydroxyl groups is 2. The number of carboxylic acids is 1. The summed E-state index contributed by atoms with van der Waals surface area (Å²) in [6.07, 6.45) is -2.93. The SMILES string of the molecule is CC(=O)NCCC(O)C(O)c1ccc(C(=O)O)cc1[N+](=O)[O-]. The van der Waals surface area contributed by atoms with E-state index in [1.807, 2.05) is 0 Å². The Morgan fingerprint density at radius 3 is 2.50 bits per heavy atom. The molecule has 1 rings (SSSR count). The number of amides is 1. The normalized spacial score (nSPS) is 13.2. The van der Waals surface area contributed by atoms with Crippen molar-refractivity contribution in [3.05, 3.63) is 39.4 Å². The van der Waals surface area contributed by atoms with Crippen molar-refractivity contribution >= 4 is 17.6 Å². The molecule has 120 valence electrons. The number of carboxylic acid groups (broad SMARTS) is 1. The van der Waals surface area contributed by atoms with E-state index < -0.39 is 28.8 Å². The number of aromatic carboxylic acids is 1. The summed E-state index contributed by atoms with van der Waals surface area (Å²) in [6, 6.07) is 3.02. The van der Waals surface area contributed by atoms with Gasteiger partial charge in [0.2, 0.25) is 5.91 Å². The molecule has 1 aromatic carbocycles. The first-order valence-electron chi connectivity index (χ1n) is 6.36.